The van der Waals surface area contributed by atoms with Gasteiger partial charge in [0, 0.05) is 38.4 Å². The van der Waals surface area contributed by atoms with Gasteiger partial charge in [0.2, 0.25) is 11.8 Å². The highest BCUT2D eigenvalue weighted by Crippen LogP contribution is 2.14. The van der Waals surface area contributed by atoms with Gasteiger partial charge in [-0.2, -0.15) is 0 Å². The summed E-state index contributed by atoms with van der Waals surface area (Å²) in [5.74, 6) is -0.228. The van der Waals surface area contributed by atoms with Crippen LogP contribution in [0.1, 0.15) is 23.7 Å². The van der Waals surface area contributed by atoms with E-state index in [9.17, 15) is 9.59 Å². The summed E-state index contributed by atoms with van der Waals surface area (Å²) in [6.45, 7) is 7.25. The van der Waals surface area contributed by atoms with Gasteiger partial charge >= 0.3 is 0 Å². The predicted molar refractivity (Wildman–Crippen MR) is 123 cm³/mol. The van der Waals surface area contributed by atoms with E-state index >= 15 is 0 Å². The summed E-state index contributed by atoms with van der Waals surface area (Å²) in [5, 5.41) is 0. The molecule has 160 valence electrons. The fourth-order valence-corrected chi connectivity index (χ4v) is 3.48. The van der Waals surface area contributed by atoms with Crippen LogP contribution >= 0.6 is 0 Å². The molecule has 0 saturated heterocycles. The van der Waals surface area contributed by atoms with E-state index in [2.05, 4.69) is 23.3 Å². The Morgan fingerprint density at radius 3 is 2.13 bits per heavy atom. The molecule has 1 heterocycles. The van der Waals surface area contributed by atoms with E-state index in [1.807, 2.05) is 71.8 Å². The molecule has 0 spiro atoms. The molecule has 0 bridgehead atoms. The first-order valence-electron chi connectivity index (χ1n) is 10.4. The SMILES string of the molecule is C=CCN(CC(=O)N(Cc1ccccc1)Cc1cccn1Cc1ccccc1)C(C)=O. The Hall–Kier alpha value is -3.60. The van der Waals surface area contributed by atoms with Gasteiger partial charge in [0.15, 0.2) is 0 Å². The molecule has 5 nitrogen and oxygen atoms in total. The zero-order valence-electron chi connectivity index (χ0n) is 18.0. The van der Waals surface area contributed by atoms with Crippen LogP contribution in [0.15, 0.2) is 91.6 Å². The molecule has 0 aliphatic heterocycles. The molecule has 0 aliphatic carbocycles. The number of benzene rings is 2. The van der Waals surface area contributed by atoms with Crippen LogP contribution in [0.5, 0.6) is 0 Å². The summed E-state index contributed by atoms with van der Waals surface area (Å²) in [4.78, 5) is 28.5. The standard InChI is InChI=1S/C26H29N3O2/c1-3-16-27(22(2)30)21-26(31)29(19-24-13-8-5-9-14-24)20-25-15-10-17-28(25)18-23-11-6-4-7-12-23/h3-15,17H,1,16,18-21H2,2H3. The van der Waals surface area contributed by atoms with Gasteiger partial charge in [0.1, 0.15) is 6.54 Å². The quantitative estimate of drug-likeness (QED) is 0.468. The second-order valence-corrected chi connectivity index (χ2v) is 7.54. The minimum Gasteiger partial charge on any atom is -0.345 e. The summed E-state index contributed by atoms with van der Waals surface area (Å²) >= 11 is 0. The fraction of sp³-hybridized carbons (Fsp3) is 0.231. The van der Waals surface area contributed by atoms with Crippen LogP contribution in [0.3, 0.4) is 0 Å². The molecule has 0 aliphatic rings. The van der Waals surface area contributed by atoms with Gasteiger partial charge in [-0.3, -0.25) is 9.59 Å². The Morgan fingerprint density at radius 1 is 0.871 bits per heavy atom. The Kier molecular flexibility index (Phi) is 7.82. The molecule has 3 aromatic rings. The Bertz CT molecular complexity index is 996. The molecule has 0 unspecified atom stereocenters. The van der Waals surface area contributed by atoms with Crippen LogP contribution in [0.25, 0.3) is 0 Å². The first-order valence-corrected chi connectivity index (χ1v) is 10.4. The number of hydrogen-bond acceptors (Lipinski definition) is 2. The van der Waals surface area contributed by atoms with Gasteiger partial charge in [0.25, 0.3) is 0 Å². The number of amides is 2. The fourth-order valence-electron chi connectivity index (χ4n) is 3.48. The molecule has 0 radical (unpaired) electrons. The van der Waals surface area contributed by atoms with Crippen molar-refractivity contribution in [2.75, 3.05) is 13.1 Å². The number of rotatable bonds is 10. The monoisotopic (exact) mass is 415 g/mol. The number of hydrogen-bond donors (Lipinski definition) is 0. The van der Waals surface area contributed by atoms with Crippen molar-refractivity contribution in [1.82, 2.24) is 14.4 Å². The van der Waals surface area contributed by atoms with Crippen LogP contribution in [-0.2, 0) is 29.2 Å². The second-order valence-electron chi connectivity index (χ2n) is 7.54. The molecule has 0 N–H and O–H groups in total. The first-order chi connectivity index (χ1) is 15.1. The number of nitrogens with zero attached hydrogens (tertiary/aromatic N) is 3. The smallest absolute Gasteiger partial charge is 0.242 e. The van der Waals surface area contributed by atoms with Crippen molar-refractivity contribution < 1.29 is 9.59 Å². The summed E-state index contributed by atoms with van der Waals surface area (Å²) < 4.78 is 2.16. The van der Waals surface area contributed by atoms with Crippen LogP contribution in [-0.4, -0.2) is 39.3 Å². The summed E-state index contributed by atoms with van der Waals surface area (Å²) in [7, 11) is 0. The third kappa shape index (κ3) is 6.44. The molecule has 0 saturated carbocycles. The molecule has 2 amide bonds. The van der Waals surface area contributed by atoms with E-state index in [0.717, 1.165) is 17.8 Å². The lowest BCUT2D eigenvalue weighted by atomic mass is 10.2. The topological polar surface area (TPSA) is 45.6 Å². The largest absolute Gasteiger partial charge is 0.345 e. The summed E-state index contributed by atoms with van der Waals surface area (Å²) in [6, 6.07) is 24.2. The van der Waals surface area contributed by atoms with Crippen molar-refractivity contribution in [3.8, 4) is 0 Å². The van der Waals surface area contributed by atoms with E-state index in [-0.39, 0.29) is 18.4 Å². The lowest BCUT2D eigenvalue weighted by Crippen LogP contribution is -2.42. The molecule has 0 fully saturated rings. The average molecular weight is 416 g/mol. The van der Waals surface area contributed by atoms with Crippen molar-refractivity contribution >= 4 is 11.8 Å². The highest BCUT2D eigenvalue weighted by Gasteiger charge is 2.20. The average Bonchev–Trinajstić information content (AvgIpc) is 3.20. The van der Waals surface area contributed by atoms with Crippen LogP contribution in [0.2, 0.25) is 0 Å². The van der Waals surface area contributed by atoms with E-state index < -0.39 is 0 Å². The minimum absolute atomic E-state index is 0.0353. The van der Waals surface area contributed by atoms with Gasteiger partial charge < -0.3 is 14.4 Å². The maximum Gasteiger partial charge on any atom is 0.242 e. The summed E-state index contributed by atoms with van der Waals surface area (Å²) in [5.41, 5.74) is 3.30. The molecular formula is C26H29N3O2. The first kappa shape index (κ1) is 22.1. The third-order valence-corrected chi connectivity index (χ3v) is 5.16. The van der Waals surface area contributed by atoms with Crippen LogP contribution < -0.4 is 0 Å². The minimum atomic E-state index is -0.139. The van der Waals surface area contributed by atoms with Crippen LogP contribution in [0.4, 0.5) is 0 Å². The van der Waals surface area contributed by atoms with Crippen molar-refractivity contribution in [2.24, 2.45) is 0 Å². The normalized spacial score (nSPS) is 10.5. The molecule has 3 rings (SSSR count). The van der Waals surface area contributed by atoms with Crippen molar-refractivity contribution in [1.29, 1.82) is 0 Å². The Labute approximate surface area is 184 Å². The molecule has 2 aromatic carbocycles. The van der Waals surface area contributed by atoms with Crippen molar-refractivity contribution in [2.45, 2.75) is 26.6 Å². The van der Waals surface area contributed by atoms with Gasteiger partial charge in [-0.1, -0.05) is 66.7 Å². The highest BCUT2D eigenvalue weighted by molar-refractivity contribution is 5.84. The maximum absolute atomic E-state index is 13.2. The zero-order chi connectivity index (χ0) is 22.1. The van der Waals surface area contributed by atoms with Gasteiger partial charge in [-0.05, 0) is 23.3 Å². The number of carbonyl (C=O) groups excluding carboxylic acids is 2. The Balaban J connectivity index is 1.80. The van der Waals surface area contributed by atoms with E-state index in [4.69, 9.17) is 0 Å². The van der Waals surface area contributed by atoms with Gasteiger partial charge in [-0.25, -0.2) is 0 Å². The predicted octanol–water partition coefficient (Wildman–Crippen LogP) is 4.10. The maximum atomic E-state index is 13.2. The lowest BCUT2D eigenvalue weighted by Gasteiger charge is -2.27. The molecule has 0 atom stereocenters. The Morgan fingerprint density at radius 2 is 1.52 bits per heavy atom. The van der Waals surface area contributed by atoms with Crippen LogP contribution in [0, 0.1) is 0 Å². The molecule has 5 heteroatoms. The van der Waals surface area contributed by atoms with E-state index in [1.54, 1.807) is 6.08 Å². The third-order valence-electron chi connectivity index (χ3n) is 5.16. The van der Waals surface area contributed by atoms with Gasteiger partial charge in [0.05, 0.1) is 6.54 Å². The van der Waals surface area contributed by atoms with E-state index in [0.29, 0.717) is 19.6 Å². The van der Waals surface area contributed by atoms with Crippen molar-refractivity contribution in [3.05, 3.63) is 108 Å². The van der Waals surface area contributed by atoms with Gasteiger partial charge in [-0.15, -0.1) is 6.58 Å². The molecule has 31 heavy (non-hydrogen) atoms. The molecular weight excluding hydrogens is 386 g/mol. The highest BCUT2D eigenvalue weighted by atomic mass is 16.2. The number of aromatic nitrogens is 1. The zero-order valence-corrected chi connectivity index (χ0v) is 18.0. The summed E-state index contributed by atoms with van der Waals surface area (Å²) in [6.07, 6.45) is 3.67. The van der Waals surface area contributed by atoms with E-state index in [1.165, 1.54) is 17.4 Å². The number of carbonyl (C=O) groups is 2. The lowest BCUT2D eigenvalue weighted by molar-refractivity contribution is -0.139. The second kappa shape index (κ2) is 11.0. The molecule has 1 aromatic heterocycles. The van der Waals surface area contributed by atoms with Crippen molar-refractivity contribution in [3.63, 3.8) is 0 Å².